The third kappa shape index (κ3) is 7.54. The molecule has 17 heteroatoms. The fraction of sp³-hybridized carbons (Fsp3) is 0.280. The lowest BCUT2D eigenvalue weighted by atomic mass is 10.1. The molecule has 1 atom stereocenters. The van der Waals surface area contributed by atoms with Gasteiger partial charge in [-0.2, -0.15) is 17.5 Å². The van der Waals surface area contributed by atoms with Gasteiger partial charge in [0.15, 0.2) is 0 Å². The number of aliphatic carboxylic acids is 1. The number of benzene rings is 2. The van der Waals surface area contributed by atoms with Crippen LogP contribution >= 0.6 is 11.3 Å². The zero-order valence-corrected chi connectivity index (χ0v) is 23.6. The number of carbonyl (C=O) groups excluding carboxylic acids is 2. The average molecular weight is 630 g/mol. The summed E-state index contributed by atoms with van der Waals surface area (Å²) in [6.45, 7) is -0.0521. The third-order valence-corrected chi connectivity index (χ3v) is 8.95. The zero-order chi connectivity index (χ0) is 31.4. The number of methoxy groups -OCH3 is 1. The number of amides is 2. The first-order valence-corrected chi connectivity index (χ1v) is 14.2. The summed E-state index contributed by atoms with van der Waals surface area (Å²) in [6, 6.07) is 10.6. The Morgan fingerprint density at radius 2 is 1.81 bits per heavy atom. The number of likely N-dealkylation sites (tertiary alicyclic amines) is 1. The maximum atomic E-state index is 13.6. The summed E-state index contributed by atoms with van der Waals surface area (Å²) in [7, 11) is -2.71. The van der Waals surface area contributed by atoms with E-state index in [0.717, 1.165) is 15.3 Å². The van der Waals surface area contributed by atoms with Gasteiger partial charge in [-0.15, -0.1) is 11.3 Å². The van der Waals surface area contributed by atoms with Crippen molar-refractivity contribution in [3.8, 4) is 5.75 Å². The predicted octanol–water partition coefficient (Wildman–Crippen LogP) is 2.10. The number of sulfonamides is 1. The number of nitrogens with two attached hydrogens (primary N) is 2. The minimum atomic E-state index is -5.08. The molecule has 3 aromatic rings. The molecule has 226 valence electrons. The molecular formula is C25H26F3N5O7S2. The van der Waals surface area contributed by atoms with Gasteiger partial charge in [0.25, 0.3) is 0 Å². The first-order chi connectivity index (χ1) is 19.5. The fourth-order valence-corrected chi connectivity index (χ4v) is 6.49. The van der Waals surface area contributed by atoms with Gasteiger partial charge in [-0.3, -0.25) is 15.0 Å². The molecule has 2 amide bonds. The number of nitrogens with one attached hydrogen (secondary N) is 1. The average Bonchev–Trinajstić information content (AvgIpc) is 3.53. The van der Waals surface area contributed by atoms with Gasteiger partial charge >= 0.3 is 12.1 Å². The van der Waals surface area contributed by atoms with E-state index < -0.39 is 46.6 Å². The van der Waals surface area contributed by atoms with Gasteiger partial charge in [0.1, 0.15) is 17.6 Å². The third-order valence-electron chi connectivity index (χ3n) is 6.09. The second kappa shape index (κ2) is 12.7. The van der Waals surface area contributed by atoms with Crippen LogP contribution in [0.1, 0.15) is 16.9 Å². The summed E-state index contributed by atoms with van der Waals surface area (Å²) < 4.78 is 65.1. The second-order valence-corrected chi connectivity index (χ2v) is 11.8. The Hall–Kier alpha value is -4.22. The summed E-state index contributed by atoms with van der Waals surface area (Å²) >= 11 is 1.30. The van der Waals surface area contributed by atoms with Crippen molar-refractivity contribution in [3.05, 3.63) is 58.3 Å². The number of halogens is 3. The first-order valence-electron chi connectivity index (χ1n) is 11.9. The van der Waals surface area contributed by atoms with Gasteiger partial charge in [0.05, 0.1) is 23.4 Å². The summed E-state index contributed by atoms with van der Waals surface area (Å²) in [4.78, 5) is 36.0. The minimum absolute atomic E-state index is 0.0466. The van der Waals surface area contributed by atoms with Crippen molar-refractivity contribution >= 4 is 55.8 Å². The van der Waals surface area contributed by atoms with Gasteiger partial charge in [-0.05, 0) is 58.5 Å². The van der Waals surface area contributed by atoms with Gasteiger partial charge in [-0.1, -0.05) is 12.1 Å². The number of nitrogen functional groups attached to an aromatic ring is 1. The lowest BCUT2D eigenvalue weighted by Crippen LogP contribution is -2.48. The van der Waals surface area contributed by atoms with Crippen molar-refractivity contribution in [1.29, 1.82) is 5.41 Å². The van der Waals surface area contributed by atoms with E-state index in [1.807, 2.05) is 6.07 Å². The summed E-state index contributed by atoms with van der Waals surface area (Å²) in [5.74, 6) is -3.51. The van der Waals surface area contributed by atoms with Crippen LogP contribution in [-0.2, 0) is 31.0 Å². The fourth-order valence-electron chi connectivity index (χ4n) is 4.11. The summed E-state index contributed by atoms with van der Waals surface area (Å²) in [5, 5.41) is 17.9. The van der Waals surface area contributed by atoms with E-state index in [9.17, 15) is 31.2 Å². The highest BCUT2D eigenvalue weighted by Gasteiger charge is 2.42. The molecular weight excluding hydrogens is 603 g/mol. The molecule has 12 nitrogen and oxygen atoms in total. The van der Waals surface area contributed by atoms with E-state index in [2.05, 4.69) is 0 Å². The van der Waals surface area contributed by atoms with Crippen molar-refractivity contribution in [2.75, 3.05) is 20.2 Å². The number of primary amides is 1. The highest BCUT2D eigenvalue weighted by Crippen LogP contribution is 2.29. The van der Waals surface area contributed by atoms with E-state index in [4.69, 9.17) is 31.5 Å². The summed E-state index contributed by atoms with van der Waals surface area (Å²) in [6.07, 6.45) is -4.86. The Bertz CT molecular complexity index is 1630. The molecule has 2 heterocycles. The van der Waals surface area contributed by atoms with Gasteiger partial charge < -0.3 is 26.2 Å². The zero-order valence-electron chi connectivity index (χ0n) is 21.9. The summed E-state index contributed by atoms with van der Waals surface area (Å²) in [5.41, 5.74) is 11.7. The molecule has 0 radical (unpaired) electrons. The highest BCUT2D eigenvalue weighted by atomic mass is 32.2. The maximum Gasteiger partial charge on any atom is 0.490 e. The Labute approximate surface area is 241 Å². The van der Waals surface area contributed by atoms with Crippen LogP contribution in [-0.4, -0.2) is 78.8 Å². The molecule has 0 spiro atoms. The SMILES string of the molecule is COc1ccc2ccc(S(=O)(=O)N(CC(N)=O)[C@H]3CCN(Cc4csc(C(=N)N)c4)C3=O)cc2c1.O=C(O)C(F)(F)F. The number of thiophene rings is 1. The van der Waals surface area contributed by atoms with Gasteiger partial charge in [0, 0.05) is 13.1 Å². The Kier molecular flexibility index (Phi) is 9.80. The smallest absolute Gasteiger partial charge is 0.490 e. The van der Waals surface area contributed by atoms with E-state index in [1.165, 1.54) is 35.5 Å². The van der Waals surface area contributed by atoms with Crippen LogP contribution in [0.15, 0.2) is 52.7 Å². The van der Waals surface area contributed by atoms with Crippen molar-refractivity contribution in [2.24, 2.45) is 11.5 Å². The molecule has 1 aliphatic heterocycles. The van der Waals surface area contributed by atoms with E-state index in [0.29, 0.717) is 22.6 Å². The van der Waals surface area contributed by atoms with Crippen LogP contribution in [0, 0.1) is 5.41 Å². The van der Waals surface area contributed by atoms with E-state index in [-0.39, 0.29) is 23.7 Å². The lowest BCUT2D eigenvalue weighted by molar-refractivity contribution is -0.192. The van der Waals surface area contributed by atoms with Crippen LogP contribution in [0.25, 0.3) is 10.8 Å². The molecule has 0 unspecified atom stereocenters. The molecule has 0 saturated carbocycles. The van der Waals surface area contributed by atoms with Crippen LogP contribution in [0.5, 0.6) is 5.75 Å². The highest BCUT2D eigenvalue weighted by molar-refractivity contribution is 7.89. The molecule has 42 heavy (non-hydrogen) atoms. The number of carboxylic acids is 1. The number of alkyl halides is 3. The lowest BCUT2D eigenvalue weighted by Gasteiger charge is -2.26. The molecule has 0 aliphatic carbocycles. The number of carbonyl (C=O) groups is 3. The molecule has 1 saturated heterocycles. The van der Waals surface area contributed by atoms with Crippen molar-refractivity contribution in [1.82, 2.24) is 9.21 Å². The number of hydrogen-bond acceptors (Lipinski definition) is 8. The number of nitrogens with zero attached hydrogens (tertiary/aromatic N) is 2. The molecule has 6 N–H and O–H groups in total. The number of rotatable bonds is 9. The number of fused-ring (bicyclic) bond motifs is 1. The van der Waals surface area contributed by atoms with Crippen molar-refractivity contribution in [3.63, 3.8) is 0 Å². The van der Waals surface area contributed by atoms with Crippen LogP contribution in [0.4, 0.5) is 13.2 Å². The number of carboxylic acid groups (broad SMARTS) is 1. The second-order valence-electron chi connectivity index (χ2n) is 8.99. The van der Waals surface area contributed by atoms with Crippen LogP contribution in [0.2, 0.25) is 0 Å². The predicted molar refractivity (Wildman–Crippen MR) is 146 cm³/mol. The first kappa shape index (κ1) is 32.3. The van der Waals surface area contributed by atoms with Gasteiger partial charge in [-0.25, -0.2) is 13.2 Å². The number of amidine groups is 1. The Morgan fingerprint density at radius 3 is 2.36 bits per heavy atom. The van der Waals surface area contributed by atoms with E-state index >= 15 is 0 Å². The molecule has 4 rings (SSSR count). The molecule has 2 aromatic carbocycles. The van der Waals surface area contributed by atoms with E-state index in [1.54, 1.807) is 29.6 Å². The maximum absolute atomic E-state index is 13.6. The van der Waals surface area contributed by atoms with Crippen molar-refractivity contribution < 1.29 is 45.8 Å². The molecule has 1 fully saturated rings. The number of ether oxygens (including phenoxy) is 1. The van der Waals surface area contributed by atoms with Gasteiger partial charge in [0.2, 0.25) is 21.8 Å². The minimum Gasteiger partial charge on any atom is -0.497 e. The molecule has 1 aromatic heterocycles. The van der Waals surface area contributed by atoms with Crippen molar-refractivity contribution in [2.45, 2.75) is 30.1 Å². The largest absolute Gasteiger partial charge is 0.497 e. The molecule has 1 aliphatic rings. The monoisotopic (exact) mass is 629 g/mol. The molecule has 0 bridgehead atoms. The number of hydrogen-bond donors (Lipinski definition) is 4. The quantitative estimate of drug-likeness (QED) is 0.204. The standard InChI is InChI=1S/C23H25N5O5S2.C2HF3O2/c1-33-17-4-2-15-3-5-18(10-16(15)9-17)35(31,32)28(12-21(24)29)19-6-7-27(23(19)30)11-14-8-20(22(25)26)34-13-14;3-2(4,5)1(6)7/h2-5,8-10,13,19H,6-7,11-12H2,1H3,(H2,24,29)(H3,25,26);(H,6,7)/t19-;/m0./s1. The van der Waals surface area contributed by atoms with Crippen LogP contribution in [0.3, 0.4) is 0 Å². The normalized spacial score (nSPS) is 15.4. The topological polar surface area (TPSA) is 197 Å². The van der Waals surface area contributed by atoms with Crippen LogP contribution < -0.4 is 16.2 Å². The Morgan fingerprint density at radius 1 is 1.17 bits per heavy atom. The Balaban J connectivity index is 0.000000616.